The number of amides is 1. The molecule has 1 amide bonds. The molecule has 1 saturated heterocycles. The molecule has 0 bridgehead atoms. The maximum atomic E-state index is 14.0. The first kappa shape index (κ1) is 19.5. The first-order valence-electron chi connectivity index (χ1n) is 8.01. The predicted octanol–water partition coefficient (Wildman–Crippen LogP) is 3.36. The van der Waals surface area contributed by atoms with Crippen molar-refractivity contribution < 1.29 is 31.1 Å². The Balaban J connectivity index is 1.79. The first-order chi connectivity index (χ1) is 13.3. The lowest BCUT2D eigenvalue weighted by molar-refractivity contribution is 0.0741. The summed E-state index contributed by atoms with van der Waals surface area (Å²) < 4.78 is 81.7. The van der Waals surface area contributed by atoms with Crippen LogP contribution in [0.2, 0.25) is 0 Å². The average Bonchev–Trinajstić information content (AvgIpc) is 2.71. The fraction of sp³-hybridized carbons (Fsp3) is 0.222. The zero-order chi connectivity index (χ0) is 20.6. The molecule has 0 atom stereocenters. The van der Waals surface area contributed by atoms with Crippen molar-refractivity contribution in [2.75, 3.05) is 31.1 Å². The van der Waals surface area contributed by atoms with E-state index in [1.807, 2.05) is 0 Å². The van der Waals surface area contributed by atoms with Gasteiger partial charge in [0.25, 0.3) is 5.91 Å². The zero-order valence-corrected chi connectivity index (χ0v) is 14.1. The molecule has 146 valence electrons. The van der Waals surface area contributed by atoms with Gasteiger partial charge in [-0.15, -0.1) is 0 Å². The van der Waals surface area contributed by atoms with E-state index >= 15 is 0 Å². The van der Waals surface area contributed by atoms with Crippen molar-refractivity contribution in [3.63, 3.8) is 0 Å². The summed E-state index contributed by atoms with van der Waals surface area (Å²) in [6.45, 7) is -0.695. The van der Waals surface area contributed by atoms with E-state index in [-0.39, 0.29) is 37.3 Å². The molecule has 0 aromatic heterocycles. The first-order valence-corrected chi connectivity index (χ1v) is 8.01. The Hall–Kier alpha value is -3.22. The number of halogens is 6. The van der Waals surface area contributed by atoms with Gasteiger partial charge in [-0.25, -0.2) is 26.3 Å². The van der Waals surface area contributed by atoms with Crippen molar-refractivity contribution in [1.29, 1.82) is 5.26 Å². The van der Waals surface area contributed by atoms with Crippen LogP contribution in [0.4, 0.5) is 32.0 Å². The van der Waals surface area contributed by atoms with Crippen molar-refractivity contribution >= 4 is 11.6 Å². The van der Waals surface area contributed by atoms with Crippen molar-refractivity contribution in [2.24, 2.45) is 0 Å². The molecule has 2 aromatic rings. The van der Waals surface area contributed by atoms with Gasteiger partial charge in [-0.1, -0.05) is 0 Å². The number of benzene rings is 2. The molecule has 0 aliphatic carbocycles. The summed E-state index contributed by atoms with van der Waals surface area (Å²) in [4.78, 5) is 14.5. The molecule has 4 nitrogen and oxygen atoms in total. The van der Waals surface area contributed by atoms with Crippen LogP contribution in [0.25, 0.3) is 0 Å². The van der Waals surface area contributed by atoms with Gasteiger partial charge in [0.2, 0.25) is 5.82 Å². The summed E-state index contributed by atoms with van der Waals surface area (Å²) in [5, 5.41) is 8.72. The summed E-state index contributed by atoms with van der Waals surface area (Å²) in [6, 6.07) is 5.04. The molecule has 0 unspecified atom stereocenters. The predicted molar refractivity (Wildman–Crippen MR) is 85.5 cm³/mol. The second-order valence-electron chi connectivity index (χ2n) is 6.00. The molecule has 0 spiro atoms. The smallest absolute Gasteiger partial charge is 0.256 e. The van der Waals surface area contributed by atoms with E-state index in [0.717, 1.165) is 17.0 Å². The Labute approximate surface area is 155 Å². The van der Waals surface area contributed by atoms with Crippen LogP contribution in [0, 0.1) is 46.2 Å². The lowest BCUT2D eigenvalue weighted by Gasteiger charge is -2.36. The van der Waals surface area contributed by atoms with Crippen LogP contribution < -0.4 is 4.90 Å². The number of carbonyl (C=O) groups excluding carboxylic acids is 1. The number of nitriles is 1. The molecule has 1 fully saturated rings. The third-order valence-corrected chi connectivity index (χ3v) is 4.40. The minimum Gasteiger partial charge on any atom is -0.363 e. The van der Waals surface area contributed by atoms with Crippen molar-refractivity contribution in [1.82, 2.24) is 4.90 Å². The number of rotatable bonds is 2. The molecule has 0 N–H and O–H groups in total. The fourth-order valence-electron chi connectivity index (χ4n) is 2.93. The highest BCUT2D eigenvalue weighted by Gasteiger charge is 2.32. The van der Waals surface area contributed by atoms with Gasteiger partial charge in [0.1, 0.15) is 11.5 Å². The Morgan fingerprint density at radius 1 is 0.857 bits per heavy atom. The van der Waals surface area contributed by atoms with Crippen molar-refractivity contribution in [3.05, 3.63) is 64.2 Å². The normalized spacial score (nSPS) is 14.2. The molecular weight excluding hydrogens is 388 g/mol. The standard InChI is InChI=1S/C18H11F6N3O/c19-11-7-9(8-25)1-2-10(11)18(28)27-5-3-26(4-6-27)17-15(23)13(21)12(20)14(22)16(17)24/h1-2,7H,3-6H2. The summed E-state index contributed by atoms with van der Waals surface area (Å²) >= 11 is 0. The van der Waals surface area contributed by atoms with Gasteiger partial charge in [-0.2, -0.15) is 5.26 Å². The van der Waals surface area contributed by atoms with Gasteiger partial charge in [-0.05, 0) is 18.2 Å². The van der Waals surface area contributed by atoms with Gasteiger partial charge >= 0.3 is 0 Å². The molecule has 10 heteroatoms. The van der Waals surface area contributed by atoms with Gasteiger partial charge in [0, 0.05) is 26.2 Å². The summed E-state index contributed by atoms with van der Waals surface area (Å²) in [7, 11) is 0. The monoisotopic (exact) mass is 399 g/mol. The summed E-state index contributed by atoms with van der Waals surface area (Å²) in [5.74, 6) is -11.9. The van der Waals surface area contributed by atoms with E-state index in [1.165, 1.54) is 11.0 Å². The highest BCUT2D eigenvalue weighted by Crippen LogP contribution is 2.31. The Kier molecular flexibility index (Phi) is 5.18. The Morgan fingerprint density at radius 3 is 1.89 bits per heavy atom. The highest BCUT2D eigenvalue weighted by atomic mass is 19.2. The van der Waals surface area contributed by atoms with E-state index < -0.39 is 46.5 Å². The number of nitrogens with zero attached hydrogens (tertiary/aromatic N) is 3. The number of carbonyl (C=O) groups is 1. The van der Waals surface area contributed by atoms with E-state index in [1.54, 1.807) is 6.07 Å². The molecule has 1 aliphatic rings. The maximum Gasteiger partial charge on any atom is 0.256 e. The largest absolute Gasteiger partial charge is 0.363 e. The summed E-state index contributed by atoms with van der Waals surface area (Å²) in [6.07, 6.45) is 0. The van der Waals surface area contributed by atoms with Gasteiger partial charge in [0.05, 0.1) is 17.2 Å². The van der Waals surface area contributed by atoms with Crippen LogP contribution in [-0.4, -0.2) is 37.0 Å². The van der Waals surface area contributed by atoms with Crippen LogP contribution in [-0.2, 0) is 0 Å². The third-order valence-electron chi connectivity index (χ3n) is 4.40. The Bertz CT molecular complexity index is 967. The van der Waals surface area contributed by atoms with E-state index in [4.69, 9.17) is 5.26 Å². The fourth-order valence-corrected chi connectivity index (χ4v) is 2.93. The number of anilines is 1. The highest BCUT2D eigenvalue weighted by molar-refractivity contribution is 5.94. The van der Waals surface area contributed by atoms with Crippen LogP contribution in [0.5, 0.6) is 0 Å². The SMILES string of the molecule is N#Cc1ccc(C(=O)N2CCN(c3c(F)c(F)c(F)c(F)c3F)CC2)c(F)c1. The minimum absolute atomic E-state index is 0.0326. The maximum absolute atomic E-state index is 14.0. The van der Waals surface area contributed by atoms with E-state index in [9.17, 15) is 31.1 Å². The van der Waals surface area contributed by atoms with E-state index in [0.29, 0.717) is 0 Å². The average molecular weight is 399 g/mol. The summed E-state index contributed by atoms with van der Waals surface area (Å²) in [5.41, 5.74) is -1.32. The molecule has 1 aliphatic heterocycles. The lowest BCUT2D eigenvalue weighted by Crippen LogP contribution is -2.49. The third kappa shape index (κ3) is 3.24. The molecule has 0 radical (unpaired) electrons. The van der Waals surface area contributed by atoms with Gasteiger partial charge < -0.3 is 9.80 Å². The van der Waals surface area contributed by atoms with Crippen molar-refractivity contribution in [2.45, 2.75) is 0 Å². The zero-order valence-electron chi connectivity index (χ0n) is 14.1. The topological polar surface area (TPSA) is 47.3 Å². The quantitative estimate of drug-likeness (QED) is 0.442. The van der Waals surface area contributed by atoms with E-state index in [2.05, 4.69) is 0 Å². The molecular formula is C18H11F6N3O. The second-order valence-corrected chi connectivity index (χ2v) is 6.00. The number of piperazine rings is 1. The molecule has 0 saturated carbocycles. The van der Waals surface area contributed by atoms with Crippen LogP contribution in [0.15, 0.2) is 18.2 Å². The molecule has 3 rings (SSSR count). The minimum atomic E-state index is -2.25. The van der Waals surface area contributed by atoms with Crippen molar-refractivity contribution in [3.8, 4) is 6.07 Å². The number of hydrogen-bond acceptors (Lipinski definition) is 3. The van der Waals surface area contributed by atoms with Gasteiger partial charge in [-0.3, -0.25) is 4.79 Å². The van der Waals surface area contributed by atoms with Crippen LogP contribution in [0.3, 0.4) is 0 Å². The molecule has 28 heavy (non-hydrogen) atoms. The lowest BCUT2D eigenvalue weighted by atomic mass is 10.1. The molecule has 1 heterocycles. The van der Waals surface area contributed by atoms with Gasteiger partial charge in [0.15, 0.2) is 23.3 Å². The number of hydrogen-bond donors (Lipinski definition) is 0. The van der Waals surface area contributed by atoms with Crippen LogP contribution in [0.1, 0.15) is 15.9 Å². The second kappa shape index (κ2) is 7.42. The molecule has 2 aromatic carbocycles. The Morgan fingerprint density at radius 2 is 1.39 bits per heavy atom. The van der Waals surface area contributed by atoms with Crippen LogP contribution >= 0.6 is 0 Å².